The summed E-state index contributed by atoms with van der Waals surface area (Å²) in [7, 11) is 0. The molecular weight excluding hydrogens is 168 g/mol. The van der Waals surface area contributed by atoms with Crippen LogP contribution in [0.3, 0.4) is 0 Å². The van der Waals surface area contributed by atoms with Gasteiger partial charge in [0, 0.05) is 11.5 Å². The first-order chi connectivity index (χ1) is 6.24. The Labute approximate surface area is 78.4 Å². The van der Waals surface area contributed by atoms with Gasteiger partial charge in [0.1, 0.15) is 0 Å². The van der Waals surface area contributed by atoms with Gasteiger partial charge in [-0.3, -0.25) is 0 Å². The highest BCUT2D eigenvalue weighted by molar-refractivity contribution is 5.86. The first-order valence-corrected chi connectivity index (χ1v) is 4.74. The summed E-state index contributed by atoms with van der Waals surface area (Å²) in [5.41, 5.74) is 0.550. The van der Waals surface area contributed by atoms with Crippen LogP contribution in [0.2, 0.25) is 0 Å². The summed E-state index contributed by atoms with van der Waals surface area (Å²) in [5, 5.41) is 8.81. The van der Waals surface area contributed by atoms with Gasteiger partial charge in [-0.25, -0.2) is 4.79 Å². The molecule has 0 radical (unpaired) electrons. The quantitative estimate of drug-likeness (QED) is 0.663. The van der Waals surface area contributed by atoms with Crippen LogP contribution < -0.4 is 0 Å². The molecule has 0 aliphatic carbocycles. The molecule has 13 heavy (non-hydrogen) atoms. The monoisotopic (exact) mass is 184 g/mol. The molecule has 1 aliphatic rings. The van der Waals surface area contributed by atoms with Crippen molar-refractivity contribution < 1.29 is 14.6 Å². The molecule has 74 valence electrons. The molecule has 1 saturated heterocycles. The minimum Gasteiger partial charge on any atom is -0.478 e. The molecule has 0 atom stereocenters. The molecule has 1 rings (SSSR count). The average Bonchev–Trinajstić information content (AvgIpc) is 1.99. The minimum atomic E-state index is -0.776. The first-order valence-electron chi connectivity index (χ1n) is 4.74. The number of hydrogen-bond donors (Lipinski definition) is 1. The van der Waals surface area contributed by atoms with E-state index in [2.05, 4.69) is 0 Å². The molecule has 1 heterocycles. The smallest absolute Gasteiger partial charge is 0.331 e. The Balaban J connectivity index is 2.29. The number of allylic oxidation sites excluding steroid dienone is 1. The van der Waals surface area contributed by atoms with Gasteiger partial charge in [0.05, 0.1) is 13.2 Å². The topological polar surface area (TPSA) is 46.5 Å². The number of aliphatic carboxylic acids is 1. The van der Waals surface area contributed by atoms with Crippen LogP contribution >= 0.6 is 0 Å². The van der Waals surface area contributed by atoms with Gasteiger partial charge in [0.15, 0.2) is 0 Å². The molecule has 0 bridgehead atoms. The second-order valence-corrected chi connectivity index (χ2v) is 3.38. The van der Waals surface area contributed by atoms with Crippen molar-refractivity contribution in [2.75, 3.05) is 13.2 Å². The number of carboxylic acid groups (broad SMARTS) is 1. The van der Waals surface area contributed by atoms with Crippen LogP contribution in [0.4, 0.5) is 0 Å². The van der Waals surface area contributed by atoms with E-state index >= 15 is 0 Å². The maximum atomic E-state index is 10.7. The van der Waals surface area contributed by atoms with E-state index in [4.69, 9.17) is 9.84 Å². The van der Waals surface area contributed by atoms with E-state index in [1.54, 1.807) is 6.08 Å². The predicted octanol–water partition coefficient (Wildman–Crippen LogP) is 1.83. The number of rotatable bonds is 5. The zero-order valence-corrected chi connectivity index (χ0v) is 7.95. The minimum absolute atomic E-state index is 0.550. The molecule has 3 nitrogen and oxygen atoms in total. The van der Waals surface area contributed by atoms with Crippen molar-refractivity contribution in [3.63, 3.8) is 0 Å². The third-order valence-electron chi connectivity index (χ3n) is 2.25. The fourth-order valence-electron chi connectivity index (χ4n) is 1.35. The van der Waals surface area contributed by atoms with Crippen LogP contribution in [0.25, 0.3) is 0 Å². The molecule has 0 aromatic rings. The second-order valence-electron chi connectivity index (χ2n) is 3.38. The van der Waals surface area contributed by atoms with E-state index in [1.807, 2.05) is 6.92 Å². The van der Waals surface area contributed by atoms with Crippen LogP contribution in [0.5, 0.6) is 0 Å². The molecule has 1 N–H and O–H groups in total. The van der Waals surface area contributed by atoms with E-state index in [0.717, 1.165) is 26.1 Å². The van der Waals surface area contributed by atoms with Crippen LogP contribution in [0.1, 0.15) is 26.2 Å². The summed E-state index contributed by atoms with van der Waals surface area (Å²) in [6, 6.07) is 0. The zero-order valence-electron chi connectivity index (χ0n) is 7.95. The molecule has 1 aliphatic heterocycles. The van der Waals surface area contributed by atoms with E-state index in [-0.39, 0.29) is 0 Å². The van der Waals surface area contributed by atoms with Crippen LogP contribution in [-0.2, 0) is 9.53 Å². The Hall–Kier alpha value is -0.830. The van der Waals surface area contributed by atoms with Gasteiger partial charge in [-0.15, -0.1) is 0 Å². The van der Waals surface area contributed by atoms with Gasteiger partial charge in [0.2, 0.25) is 0 Å². The first kappa shape index (κ1) is 10.3. The van der Waals surface area contributed by atoms with Crippen LogP contribution in [-0.4, -0.2) is 24.3 Å². The summed E-state index contributed by atoms with van der Waals surface area (Å²) in [4.78, 5) is 10.7. The molecule has 0 aromatic heterocycles. The second kappa shape index (κ2) is 5.02. The van der Waals surface area contributed by atoms with Crippen molar-refractivity contribution in [3.8, 4) is 0 Å². The fraction of sp³-hybridized carbons (Fsp3) is 0.700. The molecule has 0 saturated carbocycles. The standard InChI is InChI=1S/C10H16O3/c1-2-3-9(10(11)12)5-4-8-6-13-7-8/h3,8H,2,4-7H2,1H3,(H,11,12). The highest BCUT2D eigenvalue weighted by Crippen LogP contribution is 2.19. The predicted molar refractivity (Wildman–Crippen MR) is 49.6 cm³/mol. The lowest BCUT2D eigenvalue weighted by atomic mass is 9.98. The lowest BCUT2D eigenvalue weighted by Gasteiger charge is -2.25. The fourth-order valence-corrected chi connectivity index (χ4v) is 1.35. The summed E-state index contributed by atoms with van der Waals surface area (Å²) in [6.45, 7) is 3.56. The van der Waals surface area contributed by atoms with Crippen molar-refractivity contribution in [2.24, 2.45) is 5.92 Å². The summed E-state index contributed by atoms with van der Waals surface area (Å²) >= 11 is 0. The van der Waals surface area contributed by atoms with Crippen molar-refractivity contribution >= 4 is 5.97 Å². The van der Waals surface area contributed by atoms with Gasteiger partial charge in [0.25, 0.3) is 0 Å². The Morgan fingerprint density at radius 2 is 2.31 bits per heavy atom. The summed E-state index contributed by atoms with van der Waals surface area (Å²) in [5.74, 6) is -0.193. The normalized spacial score (nSPS) is 18.4. The molecule has 0 unspecified atom stereocenters. The average molecular weight is 184 g/mol. The highest BCUT2D eigenvalue weighted by Gasteiger charge is 2.19. The largest absolute Gasteiger partial charge is 0.478 e. The van der Waals surface area contributed by atoms with Gasteiger partial charge in [-0.05, 0) is 19.3 Å². The zero-order chi connectivity index (χ0) is 9.68. The number of carbonyl (C=O) groups is 1. The molecule has 0 spiro atoms. The lowest BCUT2D eigenvalue weighted by Crippen LogP contribution is -2.27. The Morgan fingerprint density at radius 1 is 1.62 bits per heavy atom. The van der Waals surface area contributed by atoms with Gasteiger partial charge in [-0.2, -0.15) is 0 Å². The number of carboxylic acids is 1. The third kappa shape index (κ3) is 3.19. The van der Waals surface area contributed by atoms with Crippen molar-refractivity contribution in [1.29, 1.82) is 0 Å². The van der Waals surface area contributed by atoms with E-state index < -0.39 is 5.97 Å². The third-order valence-corrected chi connectivity index (χ3v) is 2.25. The van der Waals surface area contributed by atoms with Crippen molar-refractivity contribution in [2.45, 2.75) is 26.2 Å². The van der Waals surface area contributed by atoms with E-state index in [0.29, 0.717) is 17.9 Å². The SMILES string of the molecule is CCC=C(CCC1COC1)C(=O)O. The van der Waals surface area contributed by atoms with Crippen molar-refractivity contribution in [3.05, 3.63) is 11.6 Å². The Kier molecular flexibility index (Phi) is 3.96. The Morgan fingerprint density at radius 3 is 2.69 bits per heavy atom. The van der Waals surface area contributed by atoms with Crippen LogP contribution in [0.15, 0.2) is 11.6 Å². The lowest BCUT2D eigenvalue weighted by molar-refractivity contribution is -0.133. The van der Waals surface area contributed by atoms with Gasteiger partial charge < -0.3 is 9.84 Å². The van der Waals surface area contributed by atoms with Crippen molar-refractivity contribution in [1.82, 2.24) is 0 Å². The molecule has 0 amide bonds. The molecule has 1 fully saturated rings. The number of ether oxygens (including phenoxy) is 1. The molecule has 3 heteroatoms. The van der Waals surface area contributed by atoms with Crippen LogP contribution in [0, 0.1) is 5.92 Å². The summed E-state index contributed by atoms with van der Waals surface area (Å²) in [6.07, 6.45) is 4.21. The molecular formula is C10H16O3. The van der Waals surface area contributed by atoms with E-state index in [9.17, 15) is 4.79 Å². The maximum Gasteiger partial charge on any atom is 0.331 e. The highest BCUT2D eigenvalue weighted by atomic mass is 16.5. The Bertz CT molecular complexity index is 204. The summed E-state index contributed by atoms with van der Waals surface area (Å²) < 4.78 is 5.02. The van der Waals surface area contributed by atoms with E-state index in [1.165, 1.54) is 0 Å². The molecule has 0 aromatic carbocycles. The maximum absolute atomic E-state index is 10.7. The number of hydrogen-bond acceptors (Lipinski definition) is 2. The van der Waals surface area contributed by atoms with Gasteiger partial charge >= 0.3 is 5.97 Å². The van der Waals surface area contributed by atoms with Gasteiger partial charge in [-0.1, -0.05) is 13.0 Å².